The molecular formula is C5HBrF8. The van der Waals surface area contributed by atoms with Crippen LogP contribution in [-0.2, 0) is 0 Å². The molecular weight excluding hydrogens is 292 g/mol. The van der Waals surface area contributed by atoms with Crippen molar-refractivity contribution >= 4 is 15.9 Å². The minimum absolute atomic E-state index is 1.61. The number of hydrogen-bond donors (Lipinski definition) is 0. The van der Waals surface area contributed by atoms with Crippen LogP contribution < -0.4 is 0 Å². The van der Waals surface area contributed by atoms with E-state index < -0.39 is 28.8 Å². The second-order valence-corrected chi connectivity index (χ2v) is 2.95. The first-order chi connectivity index (χ1) is 6.01. The predicted octanol–water partition coefficient (Wildman–Crippen LogP) is 4.03. The quantitative estimate of drug-likeness (QED) is 0.674. The van der Waals surface area contributed by atoms with Gasteiger partial charge in [-0.15, -0.1) is 0 Å². The van der Waals surface area contributed by atoms with E-state index in [1.807, 2.05) is 0 Å². The molecule has 0 aliphatic carbocycles. The molecule has 9 heteroatoms. The van der Waals surface area contributed by atoms with Crippen LogP contribution in [0.5, 0.6) is 0 Å². The molecule has 1 atom stereocenters. The lowest BCUT2D eigenvalue weighted by atomic mass is 10.2. The number of allylic oxidation sites excluding steroid dienone is 1. The van der Waals surface area contributed by atoms with Crippen molar-refractivity contribution in [3.63, 3.8) is 0 Å². The maximum absolute atomic E-state index is 12.3. The van der Waals surface area contributed by atoms with Crippen LogP contribution >= 0.6 is 15.9 Å². The number of halogens is 9. The van der Waals surface area contributed by atoms with E-state index in [0.29, 0.717) is 0 Å². The fourth-order valence-corrected chi connectivity index (χ4v) is 0.686. The topological polar surface area (TPSA) is 0 Å². The Balaban J connectivity index is 5.05. The van der Waals surface area contributed by atoms with Gasteiger partial charge in [-0.2, -0.15) is 30.7 Å². The normalized spacial score (nSPS) is 15.2. The predicted molar refractivity (Wildman–Crippen MR) is 34.1 cm³/mol. The molecule has 0 aromatic rings. The first-order valence-corrected chi connectivity index (χ1v) is 3.60. The van der Waals surface area contributed by atoms with E-state index in [-0.39, 0.29) is 0 Å². The summed E-state index contributed by atoms with van der Waals surface area (Å²) in [4.78, 5) is 0. The van der Waals surface area contributed by atoms with Crippen LogP contribution in [0.15, 0.2) is 10.6 Å². The highest BCUT2D eigenvalue weighted by Gasteiger charge is 2.64. The highest BCUT2D eigenvalue weighted by Crippen LogP contribution is 2.43. The van der Waals surface area contributed by atoms with E-state index in [0.717, 1.165) is 0 Å². The number of alkyl halides is 6. The van der Waals surface area contributed by atoms with Crippen LogP contribution in [0.4, 0.5) is 35.1 Å². The third-order valence-corrected chi connectivity index (χ3v) is 1.80. The molecule has 0 aromatic heterocycles. The summed E-state index contributed by atoms with van der Waals surface area (Å²) in [7, 11) is 0. The average Bonchev–Trinajstić information content (AvgIpc) is 1.99. The van der Waals surface area contributed by atoms with Gasteiger partial charge in [-0.05, 0) is 15.9 Å². The van der Waals surface area contributed by atoms with Crippen molar-refractivity contribution in [3.8, 4) is 0 Å². The molecule has 0 aliphatic rings. The zero-order valence-corrected chi connectivity index (χ0v) is 7.57. The first-order valence-electron chi connectivity index (χ1n) is 2.81. The van der Waals surface area contributed by atoms with Gasteiger partial charge in [0.15, 0.2) is 0 Å². The van der Waals surface area contributed by atoms with Gasteiger partial charge in [-0.3, -0.25) is 0 Å². The smallest absolute Gasteiger partial charge is 0.234 e. The van der Waals surface area contributed by atoms with Crippen molar-refractivity contribution in [1.82, 2.24) is 0 Å². The van der Waals surface area contributed by atoms with Crippen LogP contribution in [0.1, 0.15) is 0 Å². The maximum Gasteiger partial charge on any atom is 0.456 e. The molecule has 0 aromatic carbocycles. The molecule has 0 amide bonds. The highest BCUT2D eigenvalue weighted by molar-refractivity contribution is 9.11. The molecule has 0 nitrogen and oxygen atoms in total. The molecule has 0 rings (SSSR count). The fourth-order valence-electron chi connectivity index (χ4n) is 0.399. The van der Waals surface area contributed by atoms with E-state index in [4.69, 9.17) is 0 Å². The summed E-state index contributed by atoms with van der Waals surface area (Å²) in [6, 6.07) is 0. The molecule has 0 bridgehead atoms. The summed E-state index contributed by atoms with van der Waals surface area (Å²) >= 11 is 1.61. The van der Waals surface area contributed by atoms with E-state index >= 15 is 0 Å². The van der Waals surface area contributed by atoms with Gasteiger partial charge < -0.3 is 0 Å². The molecule has 0 heterocycles. The van der Waals surface area contributed by atoms with Crippen molar-refractivity contribution in [2.45, 2.75) is 18.3 Å². The van der Waals surface area contributed by atoms with Gasteiger partial charge >= 0.3 is 12.1 Å². The zero-order chi connectivity index (χ0) is 11.7. The third-order valence-electron chi connectivity index (χ3n) is 1.10. The lowest BCUT2D eigenvalue weighted by Gasteiger charge is -2.22. The second-order valence-electron chi connectivity index (χ2n) is 2.09. The number of rotatable bonds is 2. The first kappa shape index (κ1) is 13.7. The van der Waals surface area contributed by atoms with Crippen LogP contribution in [0.2, 0.25) is 0 Å². The average molecular weight is 293 g/mol. The lowest BCUT2D eigenvalue weighted by Crippen LogP contribution is -2.45. The van der Waals surface area contributed by atoms with Gasteiger partial charge in [-0.1, -0.05) is 0 Å². The van der Waals surface area contributed by atoms with Crippen molar-refractivity contribution < 1.29 is 35.1 Å². The fraction of sp³-hybridized carbons (Fsp3) is 0.600. The van der Waals surface area contributed by atoms with E-state index in [9.17, 15) is 35.1 Å². The summed E-state index contributed by atoms with van der Waals surface area (Å²) in [5, 5.41) is 0. The summed E-state index contributed by atoms with van der Waals surface area (Å²) in [5.74, 6) is -5.85. The van der Waals surface area contributed by atoms with Gasteiger partial charge in [0.25, 0.3) is 6.08 Å². The standard InChI is InChI=1S/C5HBrF8/c6-1(3(8)9)2(7)4(10,11)5(12,13)14/h2H. The Morgan fingerprint density at radius 2 is 1.36 bits per heavy atom. The van der Waals surface area contributed by atoms with Crippen molar-refractivity contribution in [2.75, 3.05) is 0 Å². The molecule has 0 spiro atoms. The Labute approximate surface area is 80.7 Å². The lowest BCUT2D eigenvalue weighted by molar-refractivity contribution is -0.297. The highest BCUT2D eigenvalue weighted by atomic mass is 79.9. The zero-order valence-electron chi connectivity index (χ0n) is 5.98. The maximum atomic E-state index is 12.3. The van der Waals surface area contributed by atoms with Crippen molar-refractivity contribution in [1.29, 1.82) is 0 Å². The molecule has 84 valence electrons. The minimum atomic E-state index is -6.22. The Morgan fingerprint density at radius 1 is 1.00 bits per heavy atom. The summed E-state index contributed by atoms with van der Waals surface area (Å²) in [5.41, 5.74) is 0. The molecule has 0 N–H and O–H groups in total. The largest absolute Gasteiger partial charge is 0.456 e. The molecule has 1 unspecified atom stereocenters. The number of hydrogen-bond acceptors (Lipinski definition) is 0. The van der Waals surface area contributed by atoms with Crippen LogP contribution in [0.3, 0.4) is 0 Å². The molecule has 0 saturated carbocycles. The summed E-state index contributed by atoms with van der Waals surface area (Å²) in [6.45, 7) is 0. The van der Waals surface area contributed by atoms with Crippen LogP contribution in [0, 0.1) is 0 Å². The SMILES string of the molecule is FC(F)=C(Br)C(F)C(F)(F)C(F)(F)F. The molecule has 14 heavy (non-hydrogen) atoms. The third kappa shape index (κ3) is 2.58. The minimum Gasteiger partial charge on any atom is -0.234 e. The monoisotopic (exact) mass is 292 g/mol. The van der Waals surface area contributed by atoms with Gasteiger partial charge in [0.2, 0.25) is 6.17 Å². The van der Waals surface area contributed by atoms with Crippen molar-refractivity contribution in [2.24, 2.45) is 0 Å². The Hall–Kier alpha value is -0.340. The van der Waals surface area contributed by atoms with Gasteiger partial charge in [0.05, 0.1) is 0 Å². The Morgan fingerprint density at radius 3 is 1.57 bits per heavy atom. The molecule has 0 radical (unpaired) electrons. The molecule has 0 fully saturated rings. The Bertz CT molecular complexity index is 237. The van der Waals surface area contributed by atoms with E-state index in [1.165, 1.54) is 0 Å². The second kappa shape index (κ2) is 4.03. The summed E-state index contributed by atoms with van der Waals surface area (Å²) in [6.07, 6.45) is -13.3. The molecule has 0 aliphatic heterocycles. The van der Waals surface area contributed by atoms with E-state index in [1.54, 1.807) is 15.9 Å². The van der Waals surface area contributed by atoms with Crippen LogP contribution in [0.25, 0.3) is 0 Å². The van der Waals surface area contributed by atoms with E-state index in [2.05, 4.69) is 0 Å². The summed E-state index contributed by atoms with van der Waals surface area (Å²) < 4.78 is 91.5. The Kier molecular flexibility index (Phi) is 3.93. The van der Waals surface area contributed by atoms with Gasteiger partial charge in [-0.25, -0.2) is 4.39 Å². The molecule has 0 saturated heterocycles. The van der Waals surface area contributed by atoms with Crippen LogP contribution in [-0.4, -0.2) is 18.3 Å². The van der Waals surface area contributed by atoms with Gasteiger partial charge in [0, 0.05) is 0 Å². The van der Waals surface area contributed by atoms with Gasteiger partial charge in [0.1, 0.15) is 4.48 Å². The van der Waals surface area contributed by atoms with Crippen molar-refractivity contribution in [3.05, 3.63) is 10.6 Å².